The van der Waals surface area contributed by atoms with E-state index in [1.807, 2.05) is 0 Å². The number of hydrogen-bond donors (Lipinski definition) is 0. The van der Waals surface area contributed by atoms with Gasteiger partial charge < -0.3 is 0 Å². The van der Waals surface area contributed by atoms with Crippen molar-refractivity contribution in [3.05, 3.63) is 0 Å². The van der Waals surface area contributed by atoms with Crippen LogP contribution in [0.1, 0.15) is 6.42 Å². The summed E-state index contributed by atoms with van der Waals surface area (Å²) in [4.78, 5) is 0. The maximum Gasteiger partial charge on any atom is 0.324 e. The zero-order valence-electron chi connectivity index (χ0n) is 3.43. The Labute approximate surface area is 44.3 Å². The molecule has 0 fully saturated rings. The fourth-order valence-electron chi connectivity index (χ4n) is 0.107. The van der Waals surface area contributed by atoms with Crippen molar-refractivity contribution in [2.75, 3.05) is 6.67 Å². The minimum atomic E-state index is -3.35. The van der Waals surface area contributed by atoms with Crippen LogP contribution in [0.5, 0.6) is 0 Å². The van der Waals surface area contributed by atoms with Gasteiger partial charge in [-0.3, -0.25) is 4.39 Å². The van der Waals surface area contributed by atoms with Gasteiger partial charge >= 0.3 is 5.38 Å². The summed E-state index contributed by atoms with van der Waals surface area (Å²) in [6.45, 7) is -1.07. The first-order valence-corrected chi connectivity index (χ1v) is 2.07. The third kappa shape index (κ3) is 6.08. The maximum absolute atomic E-state index is 11.2. The van der Waals surface area contributed by atoms with Crippen LogP contribution in [0.15, 0.2) is 0 Å². The molecule has 4 heteroatoms. The number of halogens is 4. The molecule has 0 N–H and O–H groups in total. The van der Waals surface area contributed by atoms with Crippen LogP contribution in [0.4, 0.5) is 13.2 Å². The largest absolute Gasteiger partial charge is 0.324 e. The van der Waals surface area contributed by atoms with E-state index < -0.39 is 18.5 Å². The summed E-state index contributed by atoms with van der Waals surface area (Å²) in [6.07, 6.45) is -0.894. The molecule has 0 aromatic rings. The summed E-state index contributed by atoms with van der Waals surface area (Å²) in [6, 6.07) is 0. The van der Waals surface area contributed by atoms with E-state index in [1.54, 1.807) is 0 Å². The molecule has 0 aromatic carbocycles. The zero-order valence-corrected chi connectivity index (χ0v) is 4.18. The van der Waals surface area contributed by atoms with Crippen LogP contribution < -0.4 is 0 Å². The monoisotopic (exact) mass is 132 g/mol. The van der Waals surface area contributed by atoms with E-state index in [1.165, 1.54) is 0 Å². The topological polar surface area (TPSA) is 0 Å². The molecule has 0 saturated heterocycles. The van der Waals surface area contributed by atoms with Gasteiger partial charge in [-0.2, -0.15) is 8.78 Å². The van der Waals surface area contributed by atoms with E-state index >= 15 is 0 Å². The quantitative estimate of drug-likeness (QED) is 0.505. The minimum Gasteiger partial charge on any atom is -0.251 e. The van der Waals surface area contributed by atoms with Gasteiger partial charge in [-0.05, 0) is 11.6 Å². The van der Waals surface area contributed by atoms with Crippen molar-refractivity contribution in [1.29, 1.82) is 0 Å². The summed E-state index contributed by atoms with van der Waals surface area (Å²) < 4.78 is 33.4. The Morgan fingerprint density at radius 1 is 1.43 bits per heavy atom. The summed E-state index contributed by atoms with van der Waals surface area (Å²) in [5, 5.41) is -3.35. The Bertz CT molecular complexity index is 48.6. The van der Waals surface area contributed by atoms with Crippen molar-refractivity contribution in [3.63, 3.8) is 0 Å². The first-order chi connectivity index (χ1) is 3.06. The van der Waals surface area contributed by atoms with Gasteiger partial charge in [0, 0.05) is 0 Å². The average Bonchev–Trinajstić information content (AvgIpc) is 1.30. The smallest absolute Gasteiger partial charge is 0.251 e. The number of rotatable bonds is 2. The van der Waals surface area contributed by atoms with E-state index in [9.17, 15) is 13.2 Å². The van der Waals surface area contributed by atoms with Crippen LogP contribution in [0.2, 0.25) is 0 Å². The maximum atomic E-state index is 11.2. The molecular weight excluding hydrogens is 128 g/mol. The van der Waals surface area contributed by atoms with E-state index in [-0.39, 0.29) is 0 Å². The second kappa shape index (κ2) is 2.40. The van der Waals surface area contributed by atoms with Gasteiger partial charge in [0.25, 0.3) is 0 Å². The molecular formula is C3H4ClF3. The summed E-state index contributed by atoms with van der Waals surface area (Å²) in [5.74, 6) is 0. The fraction of sp³-hybridized carbons (Fsp3) is 1.00. The first kappa shape index (κ1) is 7.08. The van der Waals surface area contributed by atoms with E-state index in [2.05, 4.69) is 11.6 Å². The zero-order chi connectivity index (χ0) is 5.91. The van der Waals surface area contributed by atoms with Crippen molar-refractivity contribution >= 4 is 11.6 Å². The van der Waals surface area contributed by atoms with Crippen LogP contribution in [-0.2, 0) is 0 Å². The summed E-state index contributed by atoms with van der Waals surface area (Å²) in [7, 11) is 0. The lowest BCUT2D eigenvalue weighted by atomic mass is 10.5. The Kier molecular flexibility index (Phi) is 2.43. The van der Waals surface area contributed by atoms with Crippen molar-refractivity contribution in [3.8, 4) is 0 Å². The molecule has 0 nitrogen and oxygen atoms in total. The molecule has 0 atom stereocenters. The number of alkyl halides is 4. The van der Waals surface area contributed by atoms with Crippen LogP contribution >= 0.6 is 11.6 Å². The second-order valence-electron chi connectivity index (χ2n) is 1.05. The predicted molar refractivity (Wildman–Crippen MR) is 21.4 cm³/mol. The SMILES string of the molecule is FCCC(F)(F)Cl. The first-order valence-electron chi connectivity index (χ1n) is 1.69. The molecule has 0 heterocycles. The highest BCUT2D eigenvalue weighted by Gasteiger charge is 2.23. The second-order valence-corrected chi connectivity index (χ2v) is 1.61. The van der Waals surface area contributed by atoms with Gasteiger partial charge in [0.05, 0.1) is 13.1 Å². The molecule has 0 aliphatic rings. The lowest BCUT2D eigenvalue weighted by molar-refractivity contribution is 0.0778. The van der Waals surface area contributed by atoms with Gasteiger partial charge in [-0.25, -0.2) is 0 Å². The van der Waals surface area contributed by atoms with E-state index in [0.717, 1.165) is 0 Å². The molecule has 0 bridgehead atoms. The Hall–Kier alpha value is 0.0800. The van der Waals surface area contributed by atoms with Crippen molar-refractivity contribution in [2.24, 2.45) is 0 Å². The summed E-state index contributed by atoms with van der Waals surface area (Å²) >= 11 is 4.26. The molecule has 44 valence electrons. The van der Waals surface area contributed by atoms with Crippen LogP contribution in [0, 0.1) is 0 Å². The van der Waals surface area contributed by atoms with Crippen LogP contribution in [-0.4, -0.2) is 12.1 Å². The Morgan fingerprint density at radius 3 is 1.86 bits per heavy atom. The van der Waals surface area contributed by atoms with Gasteiger partial charge in [-0.1, -0.05) is 0 Å². The van der Waals surface area contributed by atoms with Crippen molar-refractivity contribution < 1.29 is 13.2 Å². The highest BCUT2D eigenvalue weighted by Crippen LogP contribution is 2.22. The molecule has 0 radical (unpaired) electrons. The number of hydrogen-bond acceptors (Lipinski definition) is 0. The fourth-order valence-corrected chi connectivity index (χ4v) is 0.179. The van der Waals surface area contributed by atoms with Gasteiger partial charge in [0.15, 0.2) is 0 Å². The Balaban J connectivity index is 3.15. The molecule has 0 aliphatic carbocycles. The average molecular weight is 133 g/mol. The van der Waals surface area contributed by atoms with Gasteiger partial charge in [0.1, 0.15) is 0 Å². The minimum absolute atomic E-state index is 0.894. The highest BCUT2D eigenvalue weighted by atomic mass is 35.5. The molecule has 0 unspecified atom stereocenters. The lowest BCUT2D eigenvalue weighted by Gasteiger charge is -2.00. The lowest BCUT2D eigenvalue weighted by Crippen LogP contribution is -2.05. The van der Waals surface area contributed by atoms with Crippen LogP contribution in [0.3, 0.4) is 0 Å². The molecule has 0 amide bonds. The predicted octanol–water partition coefficient (Wildman–Crippen LogP) is 2.18. The van der Waals surface area contributed by atoms with Crippen molar-refractivity contribution in [1.82, 2.24) is 0 Å². The highest BCUT2D eigenvalue weighted by molar-refractivity contribution is 6.21. The molecule has 0 saturated carbocycles. The molecule has 0 aliphatic heterocycles. The van der Waals surface area contributed by atoms with Crippen molar-refractivity contribution in [2.45, 2.75) is 11.8 Å². The Morgan fingerprint density at radius 2 is 1.86 bits per heavy atom. The molecule has 0 aromatic heterocycles. The third-order valence-corrected chi connectivity index (χ3v) is 0.567. The molecule has 0 spiro atoms. The molecule has 7 heavy (non-hydrogen) atoms. The van der Waals surface area contributed by atoms with E-state index in [4.69, 9.17) is 0 Å². The van der Waals surface area contributed by atoms with E-state index in [0.29, 0.717) is 0 Å². The summed E-state index contributed by atoms with van der Waals surface area (Å²) in [5.41, 5.74) is 0. The van der Waals surface area contributed by atoms with Crippen LogP contribution in [0.25, 0.3) is 0 Å². The standard InChI is InChI=1S/C3H4ClF3/c4-3(6,7)1-2-5/h1-2H2. The third-order valence-electron chi connectivity index (χ3n) is 0.378. The normalized spacial score (nSPS) is 12.0. The van der Waals surface area contributed by atoms with Gasteiger partial charge in [-0.15, -0.1) is 0 Å². The molecule has 0 rings (SSSR count). The van der Waals surface area contributed by atoms with Gasteiger partial charge in [0.2, 0.25) is 0 Å².